The lowest BCUT2D eigenvalue weighted by Crippen LogP contribution is -2.29. The van der Waals surface area contributed by atoms with E-state index in [0.717, 1.165) is 43.0 Å². The molecule has 1 atom stereocenters. The Bertz CT molecular complexity index is 954. The molecule has 144 valence electrons. The van der Waals surface area contributed by atoms with Gasteiger partial charge in [-0.25, -0.2) is 0 Å². The van der Waals surface area contributed by atoms with Crippen molar-refractivity contribution in [3.8, 4) is 5.75 Å². The van der Waals surface area contributed by atoms with Gasteiger partial charge < -0.3 is 14.6 Å². The number of benzene rings is 1. The number of rotatable bonds is 6. The molecule has 0 fully saturated rings. The van der Waals surface area contributed by atoms with Crippen molar-refractivity contribution in [1.29, 1.82) is 0 Å². The fraction of sp³-hybridized carbons (Fsp3) is 0.333. The third-order valence-corrected chi connectivity index (χ3v) is 4.85. The van der Waals surface area contributed by atoms with Crippen LogP contribution in [0.3, 0.4) is 0 Å². The molecular formula is C21H23N5O2. The van der Waals surface area contributed by atoms with Crippen LogP contribution in [0.25, 0.3) is 0 Å². The van der Waals surface area contributed by atoms with Crippen molar-refractivity contribution in [2.75, 3.05) is 0 Å². The van der Waals surface area contributed by atoms with Crippen LogP contribution in [0, 0.1) is 0 Å². The molecular weight excluding hydrogens is 354 g/mol. The Balaban J connectivity index is 1.41. The van der Waals surface area contributed by atoms with Crippen molar-refractivity contribution < 1.29 is 9.53 Å². The molecule has 1 aliphatic heterocycles. The Morgan fingerprint density at radius 1 is 1.25 bits per heavy atom. The molecule has 0 radical (unpaired) electrons. The Morgan fingerprint density at radius 2 is 2.18 bits per heavy atom. The Labute approximate surface area is 163 Å². The third-order valence-electron chi connectivity index (χ3n) is 4.85. The van der Waals surface area contributed by atoms with Gasteiger partial charge in [-0.1, -0.05) is 12.1 Å². The van der Waals surface area contributed by atoms with Gasteiger partial charge in [-0.15, -0.1) is 10.2 Å². The van der Waals surface area contributed by atoms with Gasteiger partial charge in [0.15, 0.2) is 5.82 Å². The molecule has 0 unspecified atom stereocenters. The maximum absolute atomic E-state index is 12.7. The SMILES string of the molecule is C[C@@H](NC(=O)c1cccc(OCc2cccnc2)c1)c1nnc2n1CCCC2. The second-order valence-corrected chi connectivity index (χ2v) is 6.96. The summed E-state index contributed by atoms with van der Waals surface area (Å²) in [6.45, 7) is 3.25. The van der Waals surface area contributed by atoms with Gasteiger partial charge in [-0.3, -0.25) is 9.78 Å². The molecule has 2 aromatic heterocycles. The van der Waals surface area contributed by atoms with Crippen molar-refractivity contribution in [2.45, 2.75) is 45.4 Å². The van der Waals surface area contributed by atoms with Gasteiger partial charge in [0.2, 0.25) is 0 Å². The van der Waals surface area contributed by atoms with Gasteiger partial charge >= 0.3 is 0 Å². The lowest BCUT2D eigenvalue weighted by atomic mass is 10.1. The number of fused-ring (bicyclic) bond motifs is 1. The number of hydrogen-bond acceptors (Lipinski definition) is 5. The highest BCUT2D eigenvalue weighted by Gasteiger charge is 2.21. The lowest BCUT2D eigenvalue weighted by molar-refractivity contribution is 0.0937. The van der Waals surface area contributed by atoms with Crippen LogP contribution >= 0.6 is 0 Å². The van der Waals surface area contributed by atoms with Gasteiger partial charge in [0.05, 0.1) is 6.04 Å². The second-order valence-electron chi connectivity index (χ2n) is 6.96. The number of hydrogen-bond donors (Lipinski definition) is 1. The summed E-state index contributed by atoms with van der Waals surface area (Å²) in [5.74, 6) is 2.30. The maximum Gasteiger partial charge on any atom is 0.251 e. The first kappa shape index (κ1) is 18.2. The number of aromatic nitrogens is 4. The molecule has 0 aliphatic carbocycles. The molecule has 1 N–H and O–H groups in total. The standard InChI is InChI=1S/C21H23N5O2/c1-15(20-25-24-19-9-2-3-11-26(19)20)23-21(27)17-7-4-8-18(12-17)28-14-16-6-5-10-22-13-16/h4-8,10,12-13,15H,2-3,9,11,14H2,1H3,(H,23,27)/t15-/m1/s1. The minimum atomic E-state index is -0.216. The van der Waals surface area contributed by atoms with E-state index in [0.29, 0.717) is 17.9 Å². The fourth-order valence-electron chi connectivity index (χ4n) is 3.37. The van der Waals surface area contributed by atoms with E-state index in [4.69, 9.17) is 4.74 Å². The molecule has 4 rings (SSSR count). The molecule has 7 nitrogen and oxygen atoms in total. The summed E-state index contributed by atoms with van der Waals surface area (Å²) in [4.78, 5) is 16.8. The van der Waals surface area contributed by atoms with E-state index in [1.807, 2.05) is 31.2 Å². The Morgan fingerprint density at radius 3 is 3.04 bits per heavy atom. The van der Waals surface area contributed by atoms with E-state index in [2.05, 4.69) is 25.1 Å². The van der Waals surface area contributed by atoms with E-state index in [-0.39, 0.29) is 11.9 Å². The summed E-state index contributed by atoms with van der Waals surface area (Å²) in [5.41, 5.74) is 1.52. The average Bonchev–Trinajstić information content (AvgIpc) is 3.17. The third kappa shape index (κ3) is 4.03. The van der Waals surface area contributed by atoms with Crippen LogP contribution in [-0.4, -0.2) is 25.7 Å². The van der Waals surface area contributed by atoms with Crippen LogP contribution in [0.2, 0.25) is 0 Å². The van der Waals surface area contributed by atoms with Crippen LogP contribution in [0.1, 0.15) is 53.4 Å². The first-order valence-corrected chi connectivity index (χ1v) is 9.55. The van der Waals surface area contributed by atoms with Crippen molar-refractivity contribution in [1.82, 2.24) is 25.1 Å². The molecule has 3 heterocycles. The molecule has 0 spiro atoms. The quantitative estimate of drug-likeness (QED) is 0.714. The highest BCUT2D eigenvalue weighted by atomic mass is 16.5. The predicted molar refractivity (Wildman–Crippen MR) is 104 cm³/mol. The summed E-state index contributed by atoms with van der Waals surface area (Å²) in [6, 6.07) is 10.8. The van der Waals surface area contributed by atoms with Crippen LogP contribution in [0.5, 0.6) is 5.75 Å². The summed E-state index contributed by atoms with van der Waals surface area (Å²) in [6.07, 6.45) is 6.70. The number of carbonyl (C=O) groups excluding carboxylic acids is 1. The van der Waals surface area contributed by atoms with E-state index < -0.39 is 0 Å². The summed E-state index contributed by atoms with van der Waals surface area (Å²) in [7, 11) is 0. The smallest absolute Gasteiger partial charge is 0.251 e. The molecule has 0 bridgehead atoms. The first-order valence-electron chi connectivity index (χ1n) is 9.55. The lowest BCUT2D eigenvalue weighted by Gasteiger charge is -2.19. The summed E-state index contributed by atoms with van der Waals surface area (Å²) in [5, 5.41) is 11.6. The molecule has 1 amide bonds. The molecule has 7 heteroatoms. The van der Waals surface area contributed by atoms with Crippen LogP contribution in [-0.2, 0) is 19.6 Å². The van der Waals surface area contributed by atoms with E-state index in [9.17, 15) is 4.79 Å². The van der Waals surface area contributed by atoms with Gasteiger partial charge in [-0.05, 0) is 44.0 Å². The van der Waals surface area contributed by atoms with Crippen LogP contribution < -0.4 is 10.1 Å². The van der Waals surface area contributed by atoms with Crippen LogP contribution in [0.15, 0.2) is 48.8 Å². The van der Waals surface area contributed by atoms with Crippen molar-refractivity contribution in [3.63, 3.8) is 0 Å². The monoisotopic (exact) mass is 377 g/mol. The number of pyridine rings is 1. The maximum atomic E-state index is 12.7. The number of ether oxygens (including phenoxy) is 1. The zero-order chi connectivity index (χ0) is 19.3. The molecule has 0 saturated heterocycles. The van der Waals surface area contributed by atoms with E-state index in [1.54, 1.807) is 24.5 Å². The number of aryl methyl sites for hydroxylation is 1. The number of nitrogens with zero attached hydrogens (tertiary/aromatic N) is 4. The van der Waals surface area contributed by atoms with Gasteiger partial charge in [-0.2, -0.15) is 0 Å². The molecule has 0 saturated carbocycles. The second kappa shape index (κ2) is 8.21. The zero-order valence-electron chi connectivity index (χ0n) is 15.8. The van der Waals surface area contributed by atoms with Gasteiger partial charge in [0.1, 0.15) is 18.2 Å². The Hall–Kier alpha value is -3.22. The molecule has 28 heavy (non-hydrogen) atoms. The molecule has 1 aliphatic rings. The van der Waals surface area contributed by atoms with E-state index >= 15 is 0 Å². The topological polar surface area (TPSA) is 81.9 Å². The van der Waals surface area contributed by atoms with Crippen LogP contribution in [0.4, 0.5) is 0 Å². The number of amides is 1. The van der Waals surface area contributed by atoms with Crippen molar-refractivity contribution in [2.24, 2.45) is 0 Å². The molecule has 1 aromatic carbocycles. The first-order chi connectivity index (χ1) is 13.7. The summed E-state index contributed by atoms with van der Waals surface area (Å²) >= 11 is 0. The average molecular weight is 377 g/mol. The highest BCUT2D eigenvalue weighted by Crippen LogP contribution is 2.20. The fourth-order valence-corrected chi connectivity index (χ4v) is 3.37. The highest BCUT2D eigenvalue weighted by molar-refractivity contribution is 5.94. The largest absolute Gasteiger partial charge is 0.489 e. The normalized spacial score (nSPS) is 14.2. The number of nitrogens with one attached hydrogen (secondary N) is 1. The predicted octanol–water partition coefficient (Wildman–Crippen LogP) is 3.08. The Kier molecular flexibility index (Phi) is 5.32. The minimum absolute atomic E-state index is 0.160. The van der Waals surface area contributed by atoms with Crippen molar-refractivity contribution in [3.05, 3.63) is 71.6 Å². The van der Waals surface area contributed by atoms with Gasteiger partial charge in [0, 0.05) is 36.5 Å². The zero-order valence-corrected chi connectivity index (χ0v) is 15.8. The minimum Gasteiger partial charge on any atom is -0.489 e. The summed E-state index contributed by atoms with van der Waals surface area (Å²) < 4.78 is 7.91. The number of carbonyl (C=O) groups is 1. The van der Waals surface area contributed by atoms with E-state index in [1.165, 1.54) is 0 Å². The van der Waals surface area contributed by atoms with Gasteiger partial charge in [0.25, 0.3) is 5.91 Å². The molecule has 3 aromatic rings. The van der Waals surface area contributed by atoms with Crippen molar-refractivity contribution >= 4 is 5.91 Å².